The van der Waals surface area contributed by atoms with E-state index in [2.05, 4.69) is 58.4 Å². The van der Waals surface area contributed by atoms with Crippen LogP contribution >= 0.6 is 0 Å². The molecule has 26 heavy (non-hydrogen) atoms. The molecule has 0 amide bonds. The summed E-state index contributed by atoms with van der Waals surface area (Å²) in [5.41, 5.74) is 2.21. The Hall–Kier alpha value is -1.60. The zero-order valence-electron chi connectivity index (χ0n) is 17.1. The van der Waals surface area contributed by atoms with Crippen LogP contribution in [0.5, 0.6) is 0 Å². The lowest BCUT2D eigenvalue weighted by Gasteiger charge is -2.34. The van der Waals surface area contributed by atoms with Crippen LogP contribution < -0.4 is 10.6 Å². The number of aryl methyl sites for hydroxylation is 2. The Kier molecular flexibility index (Phi) is 8.38. The number of likely N-dealkylation sites (N-methyl/N-ethyl adjacent to an activating group) is 1. The van der Waals surface area contributed by atoms with Crippen LogP contribution in [-0.4, -0.2) is 74.3 Å². The van der Waals surface area contributed by atoms with Crippen LogP contribution in [0, 0.1) is 5.92 Å². The van der Waals surface area contributed by atoms with Crippen molar-refractivity contribution < 1.29 is 4.52 Å². The predicted molar refractivity (Wildman–Crippen MR) is 107 cm³/mol. The van der Waals surface area contributed by atoms with Crippen molar-refractivity contribution in [2.75, 3.05) is 53.4 Å². The first-order chi connectivity index (χ1) is 12.6. The lowest BCUT2D eigenvalue weighted by molar-refractivity contribution is 0.139. The first-order valence-corrected chi connectivity index (χ1v) is 9.89. The third-order valence-corrected chi connectivity index (χ3v) is 5.05. The van der Waals surface area contributed by atoms with Crippen LogP contribution in [0.15, 0.2) is 9.52 Å². The topological polar surface area (TPSA) is 68.9 Å². The van der Waals surface area contributed by atoms with Crippen molar-refractivity contribution in [3.8, 4) is 0 Å². The van der Waals surface area contributed by atoms with Crippen molar-refractivity contribution in [3.63, 3.8) is 0 Å². The summed E-state index contributed by atoms with van der Waals surface area (Å²) in [6.45, 7) is 13.9. The highest BCUT2D eigenvalue weighted by Gasteiger charge is 2.17. The van der Waals surface area contributed by atoms with Gasteiger partial charge in [0.15, 0.2) is 5.96 Å². The van der Waals surface area contributed by atoms with Gasteiger partial charge in [-0.05, 0) is 19.4 Å². The number of nitrogens with zero attached hydrogens (tertiary/aromatic N) is 4. The molecule has 2 rings (SSSR count). The minimum absolute atomic E-state index is 0.574. The maximum atomic E-state index is 5.43. The minimum atomic E-state index is 0.574. The van der Waals surface area contributed by atoms with Crippen molar-refractivity contribution in [2.24, 2.45) is 10.9 Å². The molecule has 2 N–H and O–H groups in total. The van der Waals surface area contributed by atoms with Crippen LogP contribution in [-0.2, 0) is 19.4 Å². The summed E-state index contributed by atoms with van der Waals surface area (Å²) in [7, 11) is 4.01. The molecule has 0 aromatic carbocycles. The van der Waals surface area contributed by atoms with Crippen LogP contribution in [0.3, 0.4) is 0 Å². The lowest BCUT2D eigenvalue weighted by atomic mass is 10.1. The van der Waals surface area contributed by atoms with E-state index in [0.717, 1.165) is 43.3 Å². The number of hydrogen-bond acceptors (Lipinski definition) is 5. The van der Waals surface area contributed by atoms with Gasteiger partial charge >= 0.3 is 0 Å². The van der Waals surface area contributed by atoms with Gasteiger partial charge in [-0.15, -0.1) is 0 Å². The van der Waals surface area contributed by atoms with Crippen molar-refractivity contribution in [1.29, 1.82) is 0 Å². The molecule has 2 heterocycles. The quantitative estimate of drug-likeness (QED) is 0.536. The first kappa shape index (κ1) is 20.7. The molecule has 0 spiro atoms. The molecule has 148 valence electrons. The smallest absolute Gasteiger partial charge is 0.191 e. The molecule has 7 nitrogen and oxygen atoms in total. The standard InChI is InChI=1S/C19H36N6O/c1-6-17-16(18(7-2)26-23-17)13-22-19(20-4)21-12-15(3)14-25-10-8-24(5)9-11-25/h15H,6-14H2,1-5H3,(H2,20,21,22). The van der Waals surface area contributed by atoms with E-state index in [1.165, 1.54) is 31.7 Å². The van der Waals surface area contributed by atoms with Crippen LogP contribution in [0.25, 0.3) is 0 Å². The highest BCUT2D eigenvalue weighted by molar-refractivity contribution is 5.79. The number of nitrogens with one attached hydrogen (secondary N) is 2. The maximum Gasteiger partial charge on any atom is 0.191 e. The molecule has 0 bridgehead atoms. The van der Waals surface area contributed by atoms with Crippen LogP contribution in [0.2, 0.25) is 0 Å². The molecule has 0 radical (unpaired) electrons. The molecule has 1 unspecified atom stereocenters. The first-order valence-electron chi connectivity index (χ1n) is 9.89. The molecule has 1 saturated heterocycles. The lowest BCUT2D eigenvalue weighted by Crippen LogP contribution is -2.47. The predicted octanol–water partition coefficient (Wildman–Crippen LogP) is 1.35. The average Bonchev–Trinajstić information content (AvgIpc) is 3.05. The molecule has 1 fully saturated rings. The zero-order valence-corrected chi connectivity index (χ0v) is 17.1. The molecule has 1 aromatic rings. The Morgan fingerprint density at radius 2 is 1.92 bits per heavy atom. The number of aliphatic imine (C=N–C) groups is 1. The fraction of sp³-hybridized carbons (Fsp3) is 0.789. The van der Waals surface area contributed by atoms with E-state index in [1.54, 1.807) is 0 Å². The summed E-state index contributed by atoms with van der Waals surface area (Å²) < 4.78 is 5.43. The summed E-state index contributed by atoms with van der Waals surface area (Å²) in [4.78, 5) is 9.30. The summed E-state index contributed by atoms with van der Waals surface area (Å²) in [5, 5.41) is 11.0. The summed E-state index contributed by atoms with van der Waals surface area (Å²) in [6.07, 6.45) is 1.74. The van der Waals surface area contributed by atoms with Gasteiger partial charge in [-0.3, -0.25) is 4.99 Å². The molecule has 1 atom stereocenters. The molecular formula is C19H36N6O. The summed E-state index contributed by atoms with van der Waals surface area (Å²) >= 11 is 0. The van der Waals surface area contributed by atoms with E-state index in [1.807, 2.05) is 7.05 Å². The van der Waals surface area contributed by atoms with Gasteiger partial charge in [-0.25, -0.2) is 0 Å². The molecule has 1 aliphatic heterocycles. The fourth-order valence-electron chi connectivity index (χ4n) is 3.34. The molecule has 0 saturated carbocycles. The van der Waals surface area contributed by atoms with Crippen molar-refractivity contribution in [2.45, 2.75) is 40.2 Å². The Morgan fingerprint density at radius 3 is 2.54 bits per heavy atom. The Morgan fingerprint density at radius 1 is 1.19 bits per heavy atom. The Balaban J connectivity index is 1.76. The number of piperazine rings is 1. The second kappa shape index (κ2) is 10.5. The van der Waals surface area contributed by atoms with E-state index >= 15 is 0 Å². The Bertz CT molecular complexity index is 541. The van der Waals surface area contributed by atoms with Crippen molar-refractivity contribution >= 4 is 5.96 Å². The van der Waals surface area contributed by atoms with E-state index in [9.17, 15) is 0 Å². The van der Waals surface area contributed by atoms with E-state index < -0.39 is 0 Å². The van der Waals surface area contributed by atoms with Gasteiger partial charge in [0.1, 0.15) is 5.76 Å². The molecule has 0 aliphatic carbocycles. The van der Waals surface area contributed by atoms with Gasteiger partial charge in [0.2, 0.25) is 0 Å². The van der Waals surface area contributed by atoms with Gasteiger partial charge in [-0.2, -0.15) is 0 Å². The SMILES string of the molecule is CCc1noc(CC)c1CNC(=NC)NCC(C)CN1CCN(C)CC1. The number of rotatable bonds is 8. The number of guanidine groups is 1. The maximum absolute atomic E-state index is 5.43. The van der Waals surface area contributed by atoms with Gasteiger partial charge in [0.25, 0.3) is 0 Å². The van der Waals surface area contributed by atoms with Gasteiger partial charge in [-0.1, -0.05) is 25.9 Å². The zero-order chi connectivity index (χ0) is 18.9. The minimum Gasteiger partial charge on any atom is -0.361 e. The summed E-state index contributed by atoms with van der Waals surface area (Å²) in [6, 6.07) is 0. The van der Waals surface area contributed by atoms with E-state index in [4.69, 9.17) is 4.52 Å². The number of aromatic nitrogens is 1. The van der Waals surface area contributed by atoms with Crippen LogP contribution in [0.1, 0.15) is 37.8 Å². The summed E-state index contributed by atoms with van der Waals surface area (Å²) in [5.74, 6) is 2.37. The van der Waals surface area contributed by atoms with Gasteiger partial charge < -0.3 is 25.0 Å². The van der Waals surface area contributed by atoms with E-state index in [-0.39, 0.29) is 0 Å². The fourth-order valence-corrected chi connectivity index (χ4v) is 3.34. The average molecular weight is 365 g/mol. The largest absolute Gasteiger partial charge is 0.361 e. The molecule has 1 aromatic heterocycles. The molecule has 7 heteroatoms. The second-order valence-electron chi connectivity index (χ2n) is 7.25. The highest BCUT2D eigenvalue weighted by atomic mass is 16.5. The Labute approximate surface area is 158 Å². The van der Waals surface area contributed by atoms with Gasteiger partial charge in [0.05, 0.1) is 5.69 Å². The van der Waals surface area contributed by atoms with Gasteiger partial charge in [0, 0.05) is 64.8 Å². The molecule has 1 aliphatic rings. The third kappa shape index (κ3) is 5.99. The monoisotopic (exact) mass is 364 g/mol. The van der Waals surface area contributed by atoms with Crippen molar-refractivity contribution in [3.05, 3.63) is 17.0 Å². The number of hydrogen-bond donors (Lipinski definition) is 2. The van der Waals surface area contributed by atoms with E-state index in [0.29, 0.717) is 12.5 Å². The van der Waals surface area contributed by atoms with Crippen molar-refractivity contribution in [1.82, 2.24) is 25.6 Å². The third-order valence-electron chi connectivity index (χ3n) is 5.05. The highest BCUT2D eigenvalue weighted by Crippen LogP contribution is 2.15. The molecular weight excluding hydrogens is 328 g/mol. The normalized spacial score (nSPS) is 18.1. The van der Waals surface area contributed by atoms with Crippen LogP contribution in [0.4, 0.5) is 0 Å². The second-order valence-corrected chi connectivity index (χ2v) is 7.25.